The number of nitrogens with zero attached hydrogens (tertiary/aromatic N) is 1. The van der Waals surface area contributed by atoms with Crippen molar-refractivity contribution in [1.29, 1.82) is 0 Å². The van der Waals surface area contributed by atoms with Crippen molar-refractivity contribution in [3.05, 3.63) is 34.9 Å². The van der Waals surface area contributed by atoms with Crippen molar-refractivity contribution in [1.82, 2.24) is 4.90 Å². The van der Waals surface area contributed by atoms with E-state index in [9.17, 15) is 4.79 Å². The first-order valence-electron chi connectivity index (χ1n) is 6.61. The number of hydrogen-bond acceptors (Lipinski definition) is 2. The molecule has 1 N–H and O–H groups in total. The highest BCUT2D eigenvalue weighted by Gasteiger charge is 2.27. The van der Waals surface area contributed by atoms with E-state index in [0.717, 1.165) is 19.4 Å². The van der Waals surface area contributed by atoms with E-state index in [0.29, 0.717) is 12.6 Å². The minimum Gasteiger partial charge on any atom is -0.481 e. The van der Waals surface area contributed by atoms with E-state index >= 15 is 0 Å². The van der Waals surface area contributed by atoms with E-state index in [2.05, 4.69) is 36.9 Å². The number of carbonyl (C=O) groups is 1. The molecule has 1 fully saturated rings. The van der Waals surface area contributed by atoms with Crippen molar-refractivity contribution in [2.45, 2.75) is 39.2 Å². The summed E-state index contributed by atoms with van der Waals surface area (Å²) in [5.41, 5.74) is 4.04. The van der Waals surface area contributed by atoms with Gasteiger partial charge < -0.3 is 5.11 Å². The van der Waals surface area contributed by atoms with Gasteiger partial charge in [0.15, 0.2) is 0 Å². The molecule has 1 saturated heterocycles. The van der Waals surface area contributed by atoms with Crippen LogP contribution in [0.4, 0.5) is 0 Å². The van der Waals surface area contributed by atoms with Gasteiger partial charge >= 0.3 is 5.97 Å². The summed E-state index contributed by atoms with van der Waals surface area (Å²) in [4.78, 5) is 13.0. The first-order chi connectivity index (χ1) is 8.59. The number of carboxylic acids is 1. The molecule has 2 rings (SSSR count). The number of likely N-dealkylation sites (tertiary alicyclic amines) is 1. The standard InChI is InChI=1S/C15H21NO2/c1-11-5-3-6-13(12(11)2)14-7-4-9-16(14)10-8-15(17)18/h3,5-6,14H,4,7-10H2,1-2H3,(H,17,18)/t14-/m1/s1. The van der Waals surface area contributed by atoms with Crippen molar-refractivity contribution < 1.29 is 9.90 Å². The molecule has 0 bridgehead atoms. The molecular weight excluding hydrogens is 226 g/mol. The molecule has 0 spiro atoms. The van der Waals surface area contributed by atoms with Gasteiger partial charge in [-0.1, -0.05) is 18.2 Å². The lowest BCUT2D eigenvalue weighted by Crippen LogP contribution is -2.26. The summed E-state index contributed by atoms with van der Waals surface area (Å²) < 4.78 is 0. The van der Waals surface area contributed by atoms with Crippen LogP contribution < -0.4 is 0 Å². The minimum atomic E-state index is -0.707. The molecule has 0 aliphatic carbocycles. The maximum Gasteiger partial charge on any atom is 0.304 e. The monoisotopic (exact) mass is 247 g/mol. The van der Waals surface area contributed by atoms with Crippen LogP contribution in [0.3, 0.4) is 0 Å². The van der Waals surface area contributed by atoms with Crippen LogP contribution in [0.5, 0.6) is 0 Å². The Bertz CT molecular complexity index is 442. The van der Waals surface area contributed by atoms with Crippen LogP contribution in [0.2, 0.25) is 0 Å². The average molecular weight is 247 g/mol. The van der Waals surface area contributed by atoms with E-state index in [1.54, 1.807) is 0 Å². The Hall–Kier alpha value is -1.35. The summed E-state index contributed by atoms with van der Waals surface area (Å²) >= 11 is 0. The minimum absolute atomic E-state index is 0.237. The Morgan fingerprint density at radius 2 is 2.22 bits per heavy atom. The number of aliphatic carboxylic acids is 1. The highest BCUT2D eigenvalue weighted by molar-refractivity contribution is 5.66. The van der Waals surface area contributed by atoms with E-state index < -0.39 is 5.97 Å². The second-order valence-electron chi connectivity index (χ2n) is 5.13. The largest absolute Gasteiger partial charge is 0.481 e. The molecule has 18 heavy (non-hydrogen) atoms. The predicted octanol–water partition coefficient (Wildman–Crippen LogP) is 2.92. The van der Waals surface area contributed by atoms with E-state index in [1.807, 2.05) is 0 Å². The maximum atomic E-state index is 10.7. The van der Waals surface area contributed by atoms with Crippen molar-refractivity contribution in [3.8, 4) is 0 Å². The third-order valence-corrected chi connectivity index (χ3v) is 3.98. The maximum absolute atomic E-state index is 10.7. The fraction of sp³-hybridized carbons (Fsp3) is 0.533. The van der Waals surface area contributed by atoms with Gasteiger partial charge in [0.25, 0.3) is 0 Å². The van der Waals surface area contributed by atoms with Gasteiger partial charge in [0, 0.05) is 12.6 Å². The highest BCUT2D eigenvalue weighted by atomic mass is 16.4. The number of aryl methyl sites for hydroxylation is 1. The van der Waals surface area contributed by atoms with E-state index in [4.69, 9.17) is 5.11 Å². The molecule has 1 aliphatic heterocycles. The summed E-state index contributed by atoms with van der Waals surface area (Å²) in [5, 5.41) is 8.80. The van der Waals surface area contributed by atoms with Gasteiger partial charge in [0.2, 0.25) is 0 Å². The fourth-order valence-corrected chi connectivity index (χ4v) is 2.82. The Labute approximate surface area is 108 Å². The van der Waals surface area contributed by atoms with Crippen LogP contribution in [0.25, 0.3) is 0 Å². The molecule has 0 unspecified atom stereocenters. The quantitative estimate of drug-likeness (QED) is 0.889. The van der Waals surface area contributed by atoms with Gasteiger partial charge in [-0.25, -0.2) is 0 Å². The first kappa shape index (κ1) is 13.1. The molecule has 0 saturated carbocycles. The first-order valence-corrected chi connectivity index (χ1v) is 6.61. The summed E-state index contributed by atoms with van der Waals surface area (Å²) in [6.45, 7) is 5.98. The van der Waals surface area contributed by atoms with Crippen molar-refractivity contribution in [2.75, 3.05) is 13.1 Å². The van der Waals surface area contributed by atoms with Gasteiger partial charge in [0.05, 0.1) is 6.42 Å². The van der Waals surface area contributed by atoms with Crippen molar-refractivity contribution >= 4 is 5.97 Å². The number of rotatable bonds is 4. The molecule has 98 valence electrons. The summed E-state index contributed by atoms with van der Waals surface area (Å²) in [5.74, 6) is -0.707. The molecule has 0 radical (unpaired) electrons. The summed E-state index contributed by atoms with van der Waals surface area (Å²) in [6.07, 6.45) is 2.54. The zero-order valence-corrected chi connectivity index (χ0v) is 11.1. The Morgan fingerprint density at radius 1 is 1.44 bits per heavy atom. The smallest absolute Gasteiger partial charge is 0.304 e. The second-order valence-corrected chi connectivity index (χ2v) is 5.13. The van der Waals surface area contributed by atoms with Gasteiger partial charge in [-0.2, -0.15) is 0 Å². The molecule has 1 aromatic carbocycles. The van der Waals surface area contributed by atoms with Crippen LogP contribution in [0, 0.1) is 13.8 Å². The van der Waals surface area contributed by atoms with E-state index in [1.165, 1.54) is 16.7 Å². The van der Waals surface area contributed by atoms with Crippen LogP contribution >= 0.6 is 0 Å². The number of hydrogen-bond donors (Lipinski definition) is 1. The van der Waals surface area contributed by atoms with Crippen LogP contribution in [-0.4, -0.2) is 29.1 Å². The van der Waals surface area contributed by atoms with Crippen molar-refractivity contribution in [2.24, 2.45) is 0 Å². The molecule has 0 amide bonds. The molecule has 1 atom stereocenters. The molecule has 1 heterocycles. The zero-order valence-electron chi connectivity index (χ0n) is 11.1. The van der Waals surface area contributed by atoms with Crippen LogP contribution in [0.1, 0.15) is 42.0 Å². The topological polar surface area (TPSA) is 40.5 Å². The van der Waals surface area contributed by atoms with Gasteiger partial charge in [-0.3, -0.25) is 9.69 Å². The Morgan fingerprint density at radius 3 is 2.94 bits per heavy atom. The lowest BCUT2D eigenvalue weighted by molar-refractivity contribution is -0.137. The lowest BCUT2D eigenvalue weighted by Gasteiger charge is -2.26. The highest BCUT2D eigenvalue weighted by Crippen LogP contribution is 2.34. The normalized spacial score (nSPS) is 20.2. The third kappa shape index (κ3) is 2.72. The van der Waals surface area contributed by atoms with Crippen molar-refractivity contribution in [3.63, 3.8) is 0 Å². The lowest BCUT2D eigenvalue weighted by atomic mass is 9.96. The molecule has 1 aromatic rings. The van der Waals surface area contributed by atoms with Gasteiger partial charge in [-0.05, 0) is 49.9 Å². The fourth-order valence-electron chi connectivity index (χ4n) is 2.82. The second kappa shape index (κ2) is 5.53. The number of carboxylic acid groups (broad SMARTS) is 1. The molecule has 3 heteroatoms. The predicted molar refractivity (Wildman–Crippen MR) is 71.7 cm³/mol. The molecule has 0 aromatic heterocycles. The van der Waals surface area contributed by atoms with E-state index in [-0.39, 0.29) is 6.42 Å². The summed E-state index contributed by atoms with van der Waals surface area (Å²) in [7, 11) is 0. The Balaban J connectivity index is 2.15. The SMILES string of the molecule is Cc1cccc([C@H]2CCCN2CCC(=O)O)c1C. The van der Waals surface area contributed by atoms with Crippen LogP contribution in [0.15, 0.2) is 18.2 Å². The third-order valence-electron chi connectivity index (χ3n) is 3.98. The summed E-state index contributed by atoms with van der Waals surface area (Å²) in [6, 6.07) is 6.83. The number of benzene rings is 1. The van der Waals surface area contributed by atoms with Gasteiger partial charge in [-0.15, -0.1) is 0 Å². The molecule has 3 nitrogen and oxygen atoms in total. The van der Waals surface area contributed by atoms with Gasteiger partial charge in [0.1, 0.15) is 0 Å². The van der Waals surface area contributed by atoms with Crippen LogP contribution in [-0.2, 0) is 4.79 Å². The Kier molecular flexibility index (Phi) is 4.02. The zero-order chi connectivity index (χ0) is 13.1. The molecule has 1 aliphatic rings. The molecular formula is C15H21NO2. The average Bonchev–Trinajstić information content (AvgIpc) is 2.78.